The first-order chi connectivity index (χ1) is 10.3. The van der Waals surface area contributed by atoms with E-state index in [0.29, 0.717) is 0 Å². The van der Waals surface area contributed by atoms with Crippen molar-refractivity contribution in [3.63, 3.8) is 0 Å². The van der Waals surface area contributed by atoms with Crippen LogP contribution in [-0.4, -0.2) is 5.91 Å². The Bertz CT molecular complexity index is 647. The fourth-order valence-electron chi connectivity index (χ4n) is 2.55. The van der Waals surface area contributed by atoms with Gasteiger partial charge in [0.15, 0.2) is 0 Å². The average Bonchev–Trinajstić information content (AvgIpc) is 2.96. The second kappa shape index (κ2) is 5.80. The lowest BCUT2D eigenvalue weighted by Crippen LogP contribution is -2.31. The maximum absolute atomic E-state index is 13.0. The summed E-state index contributed by atoms with van der Waals surface area (Å²) in [4.78, 5) is 14.8. The molecule has 0 radical (unpaired) electrons. The summed E-state index contributed by atoms with van der Waals surface area (Å²) in [5.41, 5.74) is 2.86. The van der Waals surface area contributed by atoms with Crippen molar-refractivity contribution in [2.45, 2.75) is 6.92 Å². The van der Waals surface area contributed by atoms with Gasteiger partial charge < -0.3 is 0 Å². The maximum atomic E-state index is 13.0. The molecule has 1 unspecified atom stereocenters. The summed E-state index contributed by atoms with van der Waals surface area (Å²) in [6.45, 7) is 2.00. The maximum Gasteiger partial charge on any atom is 0.242 e. The van der Waals surface area contributed by atoms with Crippen LogP contribution >= 0.6 is 0 Å². The van der Waals surface area contributed by atoms with E-state index < -0.39 is 0 Å². The number of benzene rings is 2. The van der Waals surface area contributed by atoms with E-state index in [1.54, 1.807) is 4.90 Å². The third kappa shape index (κ3) is 2.65. The van der Waals surface area contributed by atoms with Gasteiger partial charge in [0.2, 0.25) is 5.91 Å². The van der Waals surface area contributed by atoms with E-state index in [1.165, 1.54) is 0 Å². The molecule has 0 aliphatic heterocycles. The number of carbonyl (C=O) groups excluding carboxylic acids is 1. The lowest BCUT2D eigenvalue weighted by atomic mass is 10.0. The first kappa shape index (κ1) is 13.4. The highest BCUT2D eigenvalue weighted by Gasteiger charge is 2.27. The molecule has 0 bridgehead atoms. The molecule has 1 aliphatic carbocycles. The van der Waals surface area contributed by atoms with Crippen molar-refractivity contribution in [2.75, 3.05) is 4.90 Å². The van der Waals surface area contributed by atoms with Crippen LogP contribution in [0.5, 0.6) is 0 Å². The van der Waals surface area contributed by atoms with Gasteiger partial charge in [-0.2, -0.15) is 0 Å². The molecule has 2 heteroatoms. The Morgan fingerprint density at radius 3 is 1.86 bits per heavy atom. The van der Waals surface area contributed by atoms with E-state index in [2.05, 4.69) is 0 Å². The molecule has 0 fully saturated rings. The van der Waals surface area contributed by atoms with Gasteiger partial charge in [0.25, 0.3) is 0 Å². The van der Waals surface area contributed by atoms with Crippen LogP contribution < -0.4 is 4.90 Å². The highest BCUT2D eigenvalue weighted by atomic mass is 16.2. The van der Waals surface area contributed by atoms with E-state index in [0.717, 1.165) is 16.9 Å². The standard InChI is InChI=1S/C19H17NO/c1-15-9-8-14-18(15)19(21)20(16-10-4-2-5-11-16)17-12-6-3-7-13-17/h2-14,18H,1H3. The highest BCUT2D eigenvalue weighted by molar-refractivity contribution is 6.04. The number of carbonyl (C=O) groups is 1. The van der Waals surface area contributed by atoms with E-state index >= 15 is 0 Å². The molecule has 0 heterocycles. The number of hydrogen-bond donors (Lipinski definition) is 0. The van der Waals surface area contributed by atoms with E-state index in [1.807, 2.05) is 85.8 Å². The SMILES string of the molecule is CC1=CC=CC1C(=O)N(c1ccccc1)c1ccccc1. The first-order valence-corrected chi connectivity index (χ1v) is 7.06. The van der Waals surface area contributed by atoms with Crippen molar-refractivity contribution in [1.29, 1.82) is 0 Å². The highest BCUT2D eigenvalue weighted by Crippen LogP contribution is 2.30. The summed E-state index contributed by atoms with van der Waals surface area (Å²) in [6.07, 6.45) is 5.90. The fraction of sp³-hybridized carbons (Fsp3) is 0.105. The van der Waals surface area contributed by atoms with Crippen LogP contribution in [0.2, 0.25) is 0 Å². The van der Waals surface area contributed by atoms with Gasteiger partial charge in [0.1, 0.15) is 0 Å². The summed E-state index contributed by atoms with van der Waals surface area (Å²) < 4.78 is 0. The van der Waals surface area contributed by atoms with Crippen molar-refractivity contribution in [3.05, 3.63) is 84.5 Å². The van der Waals surface area contributed by atoms with Gasteiger partial charge >= 0.3 is 0 Å². The van der Waals surface area contributed by atoms with Gasteiger partial charge in [-0.05, 0) is 31.2 Å². The van der Waals surface area contributed by atoms with E-state index in [4.69, 9.17) is 0 Å². The van der Waals surface area contributed by atoms with Crippen molar-refractivity contribution >= 4 is 17.3 Å². The minimum atomic E-state index is -0.176. The third-order valence-electron chi connectivity index (χ3n) is 3.67. The number of para-hydroxylation sites is 2. The molecule has 2 aromatic rings. The lowest BCUT2D eigenvalue weighted by molar-refractivity contribution is -0.119. The topological polar surface area (TPSA) is 20.3 Å². The largest absolute Gasteiger partial charge is 0.280 e. The zero-order chi connectivity index (χ0) is 14.7. The van der Waals surface area contributed by atoms with Crippen LogP contribution in [-0.2, 0) is 4.79 Å². The van der Waals surface area contributed by atoms with Gasteiger partial charge in [0.05, 0.1) is 5.92 Å². The van der Waals surface area contributed by atoms with Crippen LogP contribution in [0.4, 0.5) is 11.4 Å². The van der Waals surface area contributed by atoms with E-state index in [-0.39, 0.29) is 11.8 Å². The van der Waals surface area contributed by atoms with Crippen molar-refractivity contribution in [1.82, 2.24) is 0 Å². The minimum Gasteiger partial charge on any atom is -0.280 e. The molecule has 104 valence electrons. The number of allylic oxidation sites excluding steroid dienone is 2. The Balaban J connectivity index is 2.03. The molecule has 0 spiro atoms. The van der Waals surface area contributed by atoms with Crippen molar-refractivity contribution < 1.29 is 4.79 Å². The van der Waals surface area contributed by atoms with Crippen LogP contribution in [0.1, 0.15) is 6.92 Å². The molecular weight excluding hydrogens is 258 g/mol. The quantitative estimate of drug-likeness (QED) is 0.808. The summed E-state index contributed by atoms with van der Waals surface area (Å²) in [7, 11) is 0. The normalized spacial score (nSPS) is 16.6. The van der Waals surface area contributed by atoms with Gasteiger partial charge in [-0.1, -0.05) is 60.2 Å². The molecule has 2 aromatic carbocycles. The monoisotopic (exact) mass is 275 g/mol. The van der Waals surface area contributed by atoms with Crippen molar-refractivity contribution in [3.8, 4) is 0 Å². The molecule has 0 saturated carbocycles. The molecule has 1 amide bonds. The summed E-state index contributed by atoms with van der Waals surface area (Å²) >= 11 is 0. The molecule has 1 atom stereocenters. The molecule has 0 saturated heterocycles. The molecule has 3 rings (SSSR count). The Morgan fingerprint density at radius 1 is 0.905 bits per heavy atom. The fourth-order valence-corrected chi connectivity index (χ4v) is 2.55. The molecule has 1 aliphatic rings. The number of anilines is 2. The zero-order valence-electron chi connectivity index (χ0n) is 11.9. The average molecular weight is 275 g/mol. The smallest absolute Gasteiger partial charge is 0.242 e. The summed E-state index contributed by atoms with van der Waals surface area (Å²) in [5, 5.41) is 0. The lowest BCUT2D eigenvalue weighted by Gasteiger charge is -2.26. The number of hydrogen-bond acceptors (Lipinski definition) is 1. The van der Waals surface area contributed by atoms with Crippen LogP contribution in [0.25, 0.3) is 0 Å². The minimum absolute atomic E-state index is 0.0786. The Hall–Kier alpha value is -2.61. The van der Waals surface area contributed by atoms with Gasteiger partial charge in [0, 0.05) is 11.4 Å². The Labute approximate surface area is 125 Å². The van der Waals surface area contributed by atoms with Crippen LogP contribution in [0, 0.1) is 5.92 Å². The number of rotatable bonds is 3. The predicted octanol–water partition coefficient (Wildman–Crippen LogP) is 4.48. The number of amides is 1. The second-order valence-electron chi connectivity index (χ2n) is 5.12. The molecule has 21 heavy (non-hydrogen) atoms. The van der Waals surface area contributed by atoms with Crippen LogP contribution in [0.15, 0.2) is 84.5 Å². The first-order valence-electron chi connectivity index (χ1n) is 7.06. The molecular formula is C19H17NO. The van der Waals surface area contributed by atoms with Gasteiger partial charge in [-0.3, -0.25) is 9.69 Å². The Kier molecular flexibility index (Phi) is 3.69. The summed E-state index contributed by atoms with van der Waals surface area (Å²) in [5.74, 6) is -0.0969. The zero-order valence-corrected chi connectivity index (χ0v) is 11.9. The predicted molar refractivity (Wildman–Crippen MR) is 86.4 cm³/mol. The summed E-state index contributed by atoms with van der Waals surface area (Å²) in [6, 6.07) is 19.6. The van der Waals surface area contributed by atoms with Gasteiger partial charge in [-0.15, -0.1) is 0 Å². The van der Waals surface area contributed by atoms with Crippen molar-refractivity contribution in [2.24, 2.45) is 5.92 Å². The third-order valence-corrected chi connectivity index (χ3v) is 3.67. The van der Waals surface area contributed by atoms with E-state index in [9.17, 15) is 4.79 Å². The second-order valence-corrected chi connectivity index (χ2v) is 5.12. The van der Waals surface area contributed by atoms with Gasteiger partial charge in [-0.25, -0.2) is 0 Å². The number of nitrogens with zero attached hydrogens (tertiary/aromatic N) is 1. The Morgan fingerprint density at radius 2 is 1.43 bits per heavy atom. The molecule has 2 nitrogen and oxygen atoms in total. The molecule has 0 N–H and O–H groups in total. The molecule has 0 aromatic heterocycles. The van der Waals surface area contributed by atoms with Crippen LogP contribution in [0.3, 0.4) is 0 Å².